The Kier molecular flexibility index (Phi) is 6.37. The van der Waals surface area contributed by atoms with Crippen LogP contribution in [0.5, 0.6) is 0 Å². The number of aryl methyl sites for hydroxylation is 2. The van der Waals surface area contributed by atoms with Crippen molar-refractivity contribution in [2.24, 2.45) is 12.0 Å². The molecular weight excluding hydrogens is 353 g/mol. The standard InChI is InChI=1S/C22H32FN5/c1-5-19-18(20(6-2)28(4)27-19)14-25-21(24-7-3)26-15-22(11-12-22)16-9-8-10-17(23)13-16/h8-10,13H,5-7,11-12,14-15H2,1-4H3,(H2,24,25,26). The van der Waals surface area contributed by atoms with Crippen molar-refractivity contribution in [1.82, 2.24) is 20.4 Å². The largest absolute Gasteiger partial charge is 0.357 e. The second-order valence-corrected chi connectivity index (χ2v) is 7.54. The fraction of sp³-hybridized carbons (Fsp3) is 0.545. The van der Waals surface area contributed by atoms with Gasteiger partial charge in [0.2, 0.25) is 0 Å². The van der Waals surface area contributed by atoms with Crippen molar-refractivity contribution < 1.29 is 4.39 Å². The highest BCUT2D eigenvalue weighted by molar-refractivity contribution is 5.80. The van der Waals surface area contributed by atoms with Gasteiger partial charge in [-0.15, -0.1) is 0 Å². The number of rotatable bonds is 8. The second-order valence-electron chi connectivity index (χ2n) is 7.54. The zero-order chi connectivity index (χ0) is 20.1. The van der Waals surface area contributed by atoms with E-state index in [0.717, 1.165) is 56.0 Å². The molecule has 0 bridgehead atoms. The predicted octanol–water partition coefficient (Wildman–Crippen LogP) is 3.47. The SMILES string of the molecule is CCNC(=NCc1c(CC)nn(C)c1CC)NCC1(c2cccc(F)c2)CC1. The van der Waals surface area contributed by atoms with Gasteiger partial charge in [0.25, 0.3) is 0 Å². The van der Waals surface area contributed by atoms with Crippen molar-refractivity contribution in [2.75, 3.05) is 13.1 Å². The lowest BCUT2D eigenvalue weighted by atomic mass is 9.96. The fourth-order valence-electron chi connectivity index (χ4n) is 3.86. The number of benzene rings is 1. The summed E-state index contributed by atoms with van der Waals surface area (Å²) in [6.45, 7) is 8.53. The van der Waals surface area contributed by atoms with Crippen LogP contribution in [0, 0.1) is 5.82 Å². The molecule has 6 heteroatoms. The van der Waals surface area contributed by atoms with E-state index < -0.39 is 0 Å². The van der Waals surface area contributed by atoms with Gasteiger partial charge in [0.15, 0.2) is 5.96 Å². The third kappa shape index (κ3) is 4.37. The molecule has 0 unspecified atom stereocenters. The van der Waals surface area contributed by atoms with E-state index in [1.54, 1.807) is 12.1 Å². The monoisotopic (exact) mass is 385 g/mol. The molecule has 0 aliphatic heterocycles. The van der Waals surface area contributed by atoms with Crippen LogP contribution in [0.1, 0.15) is 56.1 Å². The molecule has 1 heterocycles. The van der Waals surface area contributed by atoms with Crippen molar-refractivity contribution in [3.63, 3.8) is 0 Å². The van der Waals surface area contributed by atoms with Crippen molar-refractivity contribution in [2.45, 2.75) is 58.4 Å². The lowest BCUT2D eigenvalue weighted by Gasteiger charge is -2.19. The lowest BCUT2D eigenvalue weighted by Crippen LogP contribution is -2.41. The van der Waals surface area contributed by atoms with Crippen molar-refractivity contribution in [3.05, 3.63) is 52.6 Å². The number of hydrogen-bond acceptors (Lipinski definition) is 2. The summed E-state index contributed by atoms with van der Waals surface area (Å²) in [4.78, 5) is 4.82. The number of aliphatic imine (C=N–C) groups is 1. The molecule has 1 aliphatic carbocycles. The van der Waals surface area contributed by atoms with E-state index in [4.69, 9.17) is 4.99 Å². The minimum Gasteiger partial charge on any atom is -0.357 e. The average molecular weight is 386 g/mol. The Hall–Kier alpha value is -2.37. The first kappa shape index (κ1) is 20.4. The van der Waals surface area contributed by atoms with Gasteiger partial charge in [-0.25, -0.2) is 9.38 Å². The smallest absolute Gasteiger partial charge is 0.191 e. The lowest BCUT2D eigenvalue weighted by molar-refractivity contribution is 0.607. The zero-order valence-electron chi connectivity index (χ0n) is 17.5. The maximum Gasteiger partial charge on any atom is 0.191 e. The first-order valence-corrected chi connectivity index (χ1v) is 10.3. The highest BCUT2D eigenvalue weighted by atomic mass is 19.1. The molecule has 1 aromatic carbocycles. The molecule has 1 saturated carbocycles. The topological polar surface area (TPSA) is 54.2 Å². The predicted molar refractivity (Wildman–Crippen MR) is 112 cm³/mol. The number of halogens is 1. The van der Waals surface area contributed by atoms with Crippen LogP contribution in [-0.2, 0) is 31.8 Å². The summed E-state index contributed by atoms with van der Waals surface area (Å²) in [7, 11) is 2.00. The maximum absolute atomic E-state index is 13.6. The van der Waals surface area contributed by atoms with Gasteiger partial charge in [-0.1, -0.05) is 26.0 Å². The Morgan fingerprint density at radius 2 is 2.00 bits per heavy atom. The van der Waals surface area contributed by atoms with Gasteiger partial charge < -0.3 is 10.6 Å². The molecule has 0 spiro atoms. The molecule has 1 fully saturated rings. The molecule has 0 saturated heterocycles. The Balaban J connectivity index is 1.72. The van der Waals surface area contributed by atoms with Gasteiger partial charge in [-0.05, 0) is 50.3 Å². The summed E-state index contributed by atoms with van der Waals surface area (Å²) in [5.41, 5.74) is 4.70. The summed E-state index contributed by atoms with van der Waals surface area (Å²) >= 11 is 0. The van der Waals surface area contributed by atoms with Crippen LogP contribution < -0.4 is 10.6 Å². The summed E-state index contributed by atoms with van der Waals surface area (Å²) in [5.74, 6) is 0.637. The second kappa shape index (κ2) is 8.76. The van der Waals surface area contributed by atoms with Gasteiger partial charge in [0.05, 0.1) is 12.2 Å². The van der Waals surface area contributed by atoms with Gasteiger partial charge in [-0.3, -0.25) is 4.68 Å². The van der Waals surface area contributed by atoms with Crippen molar-refractivity contribution in [3.8, 4) is 0 Å². The van der Waals surface area contributed by atoms with Crippen LogP contribution in [0.15, 0.2) is 29.3 Å². The van der Waals surface area contributed by atoms with Crippen LogP contribution in [0.25, 0.3) is 0 Å². The minimum atomic E-state index is -0.167. The molecule has 1 aromatic heterocycles. The molecule has 0 atom stereocenters. The Morgan fingerprint density at radius 3 is 2.61 bits per heavy atom. The highest BCUT2D eigenvalue weighted by Gasteiger charge is 2.44. The number of aromatic nitrogens is 2. The van der Waals surface area contributed by atoms with Crippen molar-refractivity contribution in [1.29, 1.82) is 0 Å². The Labute approximate surface area is 167 Å². The first-order chi connectivity index (χ1) is 13.5. The molecule has 2 N–H and O–H groups in total. The summed E-state index contributed by atoms with van der Waals surface area (Å²) < 4.78 is 15.6. The molecule has 5 nitrogen and oxygen atoms in total. The van der Waals surface area contributed by atoms with E-state index in [9.17, 15) is 4.39 Å². The van der Waals surface area contributed by atoms with Crippen LogP contribution in [0.3, 0.4) is 0 Å². The summed E-state index contributed by atoms with van der Waals surface area (Å²) in [6, 6.07) is 6.99. The van der Waals surface area contributed by atoms with E-state index in [1.165, 1.54) is 17.3 Å². The minimum absolute atomic E-state index is 0.0236. The van der Waals surface area contributed by atoms with Crippen LogP contribution in [0.2, 0.25) is 0 Å². The van der Waals surface area contributed by atoms with Gasteiger partial charge in [0.1, 0.15) is 5.82 Å². The quantitative estimate of drug-likeness (QED) is 0.540. The van der Waals surface area contributed by atoms with Gasteiger partial charge in [-0.2, -0.15) is 5.10 Å². The van der Waals surface area contributed by atoms with E-state index in [-0.39, 0.29) is 11.2 Å². The molecule has 2 aromatic rings. The average Bonchev–Trinajstić information content (AvgIpc) is 3.42. The molecule has 1 aliphatic rings. The number of hydrogen-bond donors (Lipinski definition) is 2. The van der Waals surface area contributed by atoms with E-state index >= 15 is 0 Å². The number of nitrogens with one attached hydrogen (secondary N) is 2. The highest BCUT2D eigenvalue weighted by Crippen LogP contribution is 2.47. The van der Waals surface area contributed by atoms with Crippen LogP contribution in [-0.4, -0.2) is 28.8 Å². The third-order valence-corrected chi connectivity index (χ3v) is 5.65. The summed E-state index contributed by atoms with van der Waals surface area (Å²) in [6.07, 6.45) is 4.00. The van der Waals surface area contributed by atoms with Crippen LogP contribution in [0.4, 0.5) is 4.39 Å². The first-order valence-electron chi connectivity index (χ1n) is 10.3. The summed E-state index contributed by atoms with van der Waals surface area (Å²) in [5, 5.41) is 11.5. The maximum atomic E-state index is 13.6. The van der Waals surface area contributed by atoms with Gasteiger partial charge in [0, 0.05) is 36.8 Å². The van der Waals surface area contributed by atoms with Crippen molar-refractivity contribution >= 4 is 5.96 Å². The third-order valence-electron chi connectivity index (χ3n) is 5.65. The number of guanidine groups is 1. The Morgan fingerprint density at radius 1 is 1.21 bits per heavy atom. The number of nitrogens with zero attached hydrogens (tertiary/aromatic N) is 3. The fourth-order valence-corrected chi connectivity index (χ4v) is 3.86. The van der Waals surface area contributed by atoms with E-state index in [0.29, 0.717) is 6.54 Å². The van der Waals surface area contributed by atoms with E-state index in [2.05, 4.69) is 36.5 Å². The molecule has 0 radical (unpaired) electrons. The molecule has 0 amide bonds. The molecule has 28 heavy (non-hydrogen) atoms. The molecule has 152 valence electrons. The zero-order valence-corrected chi connectivity index (χ0v) is 17.5. The van der Waals surface area contributed by atoms with E-state index in [1.807, 2.05) is 17.8 Å². The van der Waals surface area contributed by atoms with Crippen LogP contribution >= 0.6 is 0 Å². The van der Waals surface area contributed by atoms with Gasteiger partial charge >= 0.3 is 0 Å². The Bertz CT molecular complexity index is 835. The molecular formula is C22H32FN5. The molecule has 3 rings (SSSR count). The normalized spacial score (nSPS) is 15.5.